The van der Waals surface area contributed by atoms with Crippen LogP contribution in [0, 0.1) is 11.6 Å². The Hall–Kier alpha value is -1.68. The van der Waals surface area contributed by atoms with Crippen LogP contribution in [0.3, 0.4) is 0 Å². The number of benzene rings is 2. The molecule has 0 aliphatic heterocycles. The highest BCUT2D eigenvalue weighted by Gasteiger charge is 2.16. The van der Waals surface area contributed by atoms with E-state index in [0.717, 1.165) is 23.9 Å². The Morgan fingerprint density at radius 3 is 2.16 bits per heavy atom. The molecule has 0 aliphatic rings. The molecule has 0 radical (unpaired) electrons. The standard InChI is InChI=1S/C15H12F2OS/c1-2-19-15-12(16)8-11(9-13(15)17)14(18)10-6-4-3-5-7-10/h3-9H,2H2,1H3. The molecule has 19 heavy (non-hydrogen) atoms. The maximum atomic E-state index is 13.8. The van der Waals surface area contributed by atoms with Crippen LogP contribution in [-0.4, -0.2) is 11.5 Å². The predicted octanol–water partition coefficient (Wildman–Crippen LogP) is 4.31. The first kappa shape index (κ1) is 13.7. The summed E-state index contributed by atoms with van der Waals surface area (Å²) < 4.78 is 27.5. The summed E-state index contributed by atoms with van der Waals surface area (Å²) >= 11 is 1.08. The minimum Gasteiger partial charge on any atom is -0.289 e. The predicted molar refractivity (Wildman–Crippen MR) is 72.6 cm³/mol. The SMILES string of the molecule is CCSc1c(F)cc(C(=O)c2ccccc2)cc1F. The van der Waals surface area contributed by atoms with Crippen LogP contribution >= 0.6 is 11.8 Å². The van der Waals surface area contributed by atoms with Crippen molar-refractivity contribution in [1.82, 2.24) is 0 Å². The molecule has 2 aromatic carbocycles. The maximum Gasteiger partial charge on any atom is 0.193 e. The van der Waals surface area contributed by atoms with Crippen molar-refractivity contribution in [3.8, 4) is 0 Å². The quantitative estimate of drug-likeness (QED) is 0.612. The Balaban J connectivity index is 2.39. The van der Waals surface area contributed by atoms with E-state index >= 15 is 0 Å². The smallest absolute Gasteiger partial charge is 0.193 e. The van der Waals surface area contributed by atoms with E-state index in [-0.39, 0.29) is 16.2 Å². The number of ketones is 1. The fourth-order valence-electron chi connectivity index (χ4n) is 1.73. The average molecular weight is 278 g/mol. The normalized spacial score (nSPS) is 10.5. The van der Waals surface area contributed by atoms with Gasteiger partial charge in [0.05, 0.1) is 4.90 Å². The van der Waals surface area contributed by atoms with Crippen LogP contribution in [0.2, 0.25) is 0 Å². The van der Waals surface area contributed by atoms with Gasteiger partial charge in [-0.2, -0.15) is 0 Å². The molecule has 4 heteroatoms. The molecular formula is C15H12F2OS. The molecule has 2 rings (SSSR count). The highest BCUT2D eigenvalue weighted by atomic mass is 32.2. The summed E-state index contributed by atoms with van der Waals surface area (Å²) in [4.78, 5) is 12.0. The Bertz CT molecular complexity index is 573. The number of carbonyl (C=O) groups excluding carboxylic acids is 1. The van der Waals surface area contributed by atoms with Gasteiger partial charge in [-0.25, -0.2) is 8.78 Å². The maximum absolute atomic E-state index is 13.8. The van der Waals surface area contributed by atoms with Crippen LogP contribution in [0.25, 0.3) is 0 Å². The first-order valence-electron chi connectivity index (χ1n) is 5.85. The van der Waals surface area contributed by atoms with Gasteiger partial charge in [0.2, 0.25) is 0 Å². The molecule has 0 aromatic heterocycles. The molecule has 0 spiro atoms. The summed E-state index contributed by atoms with van der Waals surface area (Å²) in [7, 11) is 0. The Morgan fingerprint density at radius 1 is 1.05 bits per heavy atom. The lowest BCUT2D eigenvalue weighted by atomic mass is 10.0. The Labute approximate surface area is 114 Å². The van der Waals surface area contributed by atoms with Gasteiger partial charge in [-0.05, 0) is 17.9 Å². The van der Waals surface area contributed by atoms with Crippen molar-refractivity contribution >= 4 is 17.5 Å². The van der Waals surface area contributed by atoms with Crippen molar-refractivity contribution in [2.75, 3.05) is 5.75 Å². The summed E-state index contributed by atoms with van der Waals surface area (Å²) in [6.07, 6.45) is 0. The minimum absolute atomic E-state index is 0.0293. The molecule has 0 amide bonds. The van der Waals surface area contributed by atoms with E-state index in [1.807, 2.05) is 6.92 Å². The van der Waals surface area contributed by atoms with Gasteiger partial charge in [0.25, 0.3) is 0 Å². The zero-order chi connectivity index (χ0) is 13.8. The average Bonchev–Trinajstić information content (AvgIpc) is 2.43. The van der Waals surface area contributed by atoms with Gasteiger partial charge in [-0.15, -0.1) is 11.8 Å². The molecule has 98 valence electrons. The Kier molecular flexibility index (Phi) is 4.32. The van der Waals surface area contributed by atoms with Crippen molar-refractivity contribution in [3.63, 3.8) is 0 Å². The van der Waals surface area contributed by atoms with Crippen molar-refractivity contribution in [3.05, 3.63) is 65.2 Å². The van der Waals surface area contributed by atoms with Gasteiger partial charge in [-0.3, -0.25) is 4.79 Å². The number of halogens is 2. The van der Waals surface area contributed by atoms with Gasteiger partial charge in [0.15, 0.2) is 5.78 Å². The van der Waals surface area contributed by atoms with Gasteiger partial charge in [0.1, 0.15) is 11.6 Å². The summed E-state index contributed by atoms with van der Waals surface area (Å²) in [5.74, 6) is -1.19. The molecule has 0 saturated carbocycles. The zero-order valence-electron chi connectivity index (χ0n) is 10.3. The highest BCUT2D eigenvalue weighted by molar-refractivity contribution is 7.99. The van der Waals surface area contributed by atoms with Crippen LogP contribution in [0.5, 0.6) is 0 Å². The molecule has 0 saturated heterocycles. The monoisotopic (exact) mass is 278 g/mol. The molecule has 0 heterocycles. The zero-order valence-corrected chi connectivity index (χ0v) is 11.1. The lowest BCUT2D eigenvalue weighted by molar-refractivity contribution is 0.103. The van der Waals surface area contributed by atoms with Crippen LogP contribution in [0.4, 0.5) is 8.78 Å². The number of thioether (sulfide) groups is 1. The Morgan fingerprint density at radius 2 is 1.63 bits per heavy atom. The van der Waals surface area contributed by atoms with Gasteiger partial charge in [0, 0.05) is 11.1 Å². The lowest BCUT2D eigenvalue weighted by Crippen LogP contribution is -2.03. The molecule has 0 aliphatic carbocycles. The number of carbonyl (C=O) groups is 1. The van der Waals surface area contributed by atoms with E-state index in [1.54, 1.807) is 30.3 Å². The first-order chi connectivity index (χ1) is 9.13. The fourth-order valence-corrected chi connectivity index (χ4v) is 2.41. The summed E-state index contributed by atoms with van der Waals surface area (Å²) in [6.45, 7) is 1.81. The summed E-state index contributed by atoms with van der Waals surface area (Å²) in [5.41, 5.74) is 0.443. The first-order valence-corrected chi connectivity index (χ1v) is 6.83. The topological polar surface area (TPSA) is 17.1 Å². The second-order valence-electron chi connectivity index (χ2n) is 3.90. The van der Waals surface area contributed by atoms with E-state index in [0.29, 0.717) is 11.3 Å². The van der Waals surface area contributed by atoms with Crippen molar-refractivity contribution in [2.24, 2.45) is 0 Å². The van der Waals surface area contributed by atoms with Crippen LogP contribution < -0.4 is 0 Å². The molecule has 0 fully saturated rings. The molecule has 0 bridgehead atoms. The number of hydrogen-bond acceptors (Lipinski definition) is 2. The largest absolute Gasteiger partial charge is 0.289 e. The van der Waals surface area contributed by atoms with Gasteiger partial charge in [-0.1, -0.05) is 37.3 Å². The van der Waals surface area contributed by atoms with E-state index in [9.17, 15) is 13.6 Å². The third kappa shape index (κ3) is 3.01. The molecule has 1 nitrogen and oxygen atoms in total. The summed E-state index contributed by atoms with van der Waals surface area (Å²) in [5, 5.41) is 0. The van der Waals surface area contributed by atoms with E-state index in [4.69, 9.17) is 0 Å². The van der Waals surface area contributed by atoms with Gasteiger partial charge >= 0.3 is 0 Å². The molecule has 0 unspecified atom stereocenters. The molecule has 0 N–H and O–H groups in total. The molecular weight excluding hydrogens is 266 g/mol. The van der Waals surface area contributed by atoms with Gasteiger partial charge < -0.3 is 0 Å². The van der Waals surface area contributed by atoms with Crippen molar-refractivity contribution in [2.45, 2.75) is 11.8 Å². The lowest BCUT2D eigenvalue weighted by Gasteiger charge is -2.06. The number of hydrogen-bond donors (Lipinski definition) is 0. The third-order valence-electron chi connectivity index (χ3n) is 2.59. The van der Waals surface area contributed by atoms with Crippen LogP contribution in [-0.2, 0) is 0 Å². The molecule has 0 atom stereocenters. The molecule has 2 aromatic rings. The van der Waals surface area contributed by atoms with Crippen LogP contribution in [0.15, 0.2) is 47.4 Å². The van der Waals surface area contributed by atoms with E-state index in [1.165, 1.54) is 0 Å². The summed E-state index contributed by atoms with van der Waals surface area (Å²) in [6, 6.07) is 10.6. The van der Waals surface area contributed by atoms with Crippen molar-refractivity contribution in [1.29, 1.82) is 0 Å². The van der Waals surface area contributed by atoms with Crippen LogP contribution in [0.1, 0.15) is 22.8 Å². The van der Waals surface area contributed by atoms with E-state index in [2.05, 4.69) is 0 Å². The van der Waals surface area contributed by atoms with E-state index < -0.39 is 11.6 Å². The third-order valence-corrected chi connectivity index (χ3v) is 3.55. The second-order valence-corrected chi connectivity index (χ2v) is 5.17. The highest BCUT2D eigenvalue weighted by Crippen LogP contribution is 2.27. The fraction of sp³-hybridized carbons (Fsp3) is 0.133. The number of rotatable bonds is 4. The minimum atomic E-state index is -0.689. The van der Waals surface area contributed by atoms with Crippen molar-refractivity contribution < 1.29 is 13.6 Å². The second kappa shape index (κ2) is 5.97.